The second-order valence-electron chi connectivity index (χ2n) is 3.17. The molecule has 0 atom stereocenters. The molecular weight excluding hydrogens is 208 g/mol. The van der Waals surface area contributed by atoms with Crippen molar-refractivity contribution in [2.45, 2.75) is 6.61 Å². The summed E-state index contributed by atoms with van der Waals surface area (Å²) in [6, 6.07) is 9.37. The van der Waals surface area contributed by atoms with Crippen LogP contribution in [0.15, 0.2) is 41.1 Å². The quantitative estimate of drug-likeness (QED) is 0.792. The maximum atomic E-state index is 11.5. The number of nitrogens with zero attached hydrogens (tertiary/aromatic N) is 1. The van der Waals surface area contributed by atoms with E-state index in [2.05, 4.69) is 9.68 Å². The van der Waals surface area contributed by atoms with E-state index in [1.165, 1.54) is 6.20 Å². The third-order valence-corrected chi connectivity index (χ3v) is 2.03. The highest BCUT2D eigenvalue weighted by molar-refractivity contribution is 5.93. The number of nitrogen functional groups attached to an aromatic ring is 1. The van der Waals surface area contributed by atoms with Gasteiger partial charge in [0.25, 0.3) is 0 Å². The molecule has 0 saturated heterocycles. The predicted molar refractivity (Wildman–Crippen MR) is 56.5 cm³/mol. The normalized spacial score (nSPS) is 10.0. The lowest BCUT2D eigenvalue weighted by atomic mass is 10.2. The molecule has 0 spiro atoms. The Morgan fingerprint density at radius 3 is 2.75 bits per heavy atom. The second-order valence-corrected chi connectivity index (χ2v) is 3.17. The third kappa shape index (κ3) is 2.20. The van der Waals surface area contributed by atoms with Crippen molar-refractivity contribution in [3.63, 3.8) is 0 Å². The van der Waals surface area contributed by atoms with E-state index in [-0.39, 0.29) is 18.1 Å². The lowest BCUT2D eigenvalue weighted by Gasteiger charge is -2.02. The Kier molecular flexibility index (Phi) is 2.86. The highest BCUT2D eigenvalue weighted by Crippen LogP contribution is 2.12. The van der Waals surface area contributed by atoms with Gasteiger partial charge in [0, 0.05) is 0 Å². The summed E-state index contributed by atoms with van der Waals surface area (Å²) in [7, 11) is 0. The number of benzene rings is 1. The van der Waals surface area contributed by atoms with E-state index in [0.29, 0.717) is 0 Å². The maximum Gasteiger partial charge on any atom is 0.345 e. The Bertz CT molecular complexity index is 479. The van der Waals surface area contributed by atoms with E-state index in [1.54, 1.807) is 0 Å². The van der Waals surface area contributed by atoms with Crippen molar-refractivity contribution in [3.05, 3.63) is 47.7 Å². The van der Waals surface area contributed by atoms with Crippen LogP contribution in [-0.2, 0) is 11.3 Å². The van der Waals surface area contributed by atoms with Crippen LogP contribution in [-0.4, -0.2) is 11.1 Å². The minimum absolute atomic E-state index is 0.0296. The molecule has 0 unspecified atom stereocenters. The van der Waals surface area contributed by atoms with Gasteiger partial charge < -0.3 is 15.0 Å². The summed E-state index contributed by atoms with van der Waals surface area (Å²) >= 11 is 0. The first-order valence-electron chi connectivity index (χ1n) is 4.68. The molecule has 2 aromatic rings. The molecule has 0 aliphatic heterocycles. The summed E-state index contributed by atoms with van der Waals surface area (Å²) < 4.78 is 9.60. The molecule has 0 bridgehead atoms. The van der Waals surface area contributed by atoms with Crippen LogP contribution < -0.4 is 5.73 Å². The van der Waals surface area contributed by atoms with Crippen molar-refractivity contribution in [3.8, 4) is 0 Å². The van der Waals surface area contributed by atoms with E-state index in [9.17, 15) is 4.79 Å². The van der Waals surface area contributed by atoms with Crippen LogP contribution in [0.2, 0.25) is 0 Å². The second kappa shape index (κ2) is 4.48. The average molecular weight is 218 g/mol. The standard InChI is InChI=1S/C11H10N2O3/c12-10-9(6-13-16-10)11(14)15-7-8-4-2-1-3-5-8/h1-6H,7,12H2. The lowest BCUT2D eigenvalue weighted by molar-refractivity contribution is 0.0473. The molecule has 2 N–H and O–H groups in total. The highest BCUT2D eigenvalue weighted by Gasteiger charge is 2.14. The average Bonchev–Trinajstić information content (AvgIpc) is 2.74. The van der Waals surface area contributed by atoms with Crippen molar-refractivity contribution in [1.29, 1.82) is 0 Å². The van der Waals surface area contributed by atoms with Gasteiger partial charge >= 0.3 is 5.97 Å². The topological polar surface area (TPSA) is 78.4 Å². The molecule has 0 amide bonds. The largest absolute Gasteiger partial charge is 0.457 e. The van der Waals surface area contributed by atoms with Crippen molar-refractivity contribution in [1.82, 2.24) is 5.16 Å². The zero-order valence-electron chi connectivity index (χ0n) is 8.42. The van der Waals surface area contributed by atoms with E-state index in [0.717, 1.165) is 5.56 Å². The van der Waals surface area contributed by atoms with Gasteiger partial charge in [0.05, 0.1) is 6.20 Å². The van der Waals surface area contributed by atoms with E-state index in [4.69, 9.17) is 10.5 Å². The van der Waals surface area contributed by atoms with Gasteiger partial charge in [-0.1, -0.05) is 35.5 Å². The first-order valence-corrected chi connectivity index (χ1v) is 4.68. The van der Waals surface area contributed by atoms with Gasteiger partial charge in [-0.25, -0.2) is 4.79 Å². The molecule has 0 radical (unpaired) electrons. The summed E-state index contributed by atoms with van der Waals surface area (Å²) in [6.07, 6.45) is 1.24. The number of aromatic nitrogens is 1. The summed E-state index contributed by atoms with van der Waals surface area (Å²) in [4.78, 5) is 11.5. The first kappa shape index (κ1) is 10.2. The van der Waals surface area contributed by atoms with Gasteiger partial charge in [-0.2, -0.15) is 0 Å². The van der Waals surface area contributed by atoms with Crippen LogP contribution in [0.4, 0.5) is 5.88 Å². The minimum Gasteiger partial charge on any atom is -0.457 e. The molecule has 0 fully saturated rings. The molecule has 0 saturated carbocycles. The van der Waals surface area contributed by atoms with E-state index >= 15 is 0 Å². The van der Waals surface area contributed by atoms with Gasteiger partial charge in [-0.15, -0.1) is 0 Å². The smallest absolute Gasteiger partial charge is 0.345 e. The summed E-state index contributed by atoms with van der Waals surface area (Å²) in [5.74, 6) is -0.569. The number of carbonyl (C=O) groups excluding carboxylic acids is 1. The number of carbonyl (C=O) groups is 1. The number of rotatable bonds is 3. The van der Waals surface area contributed by atoms with E-state index < -0.39 is 5.97 Å². The molecule has 16 heavy (non-hydrogen) atoms. The molecule has 5 heteroatoms. The highest BCUT2D eigenvalue weighted by atomic mass is 16.5. The van der Waals surface area contributed by atoms with Gasteiger partial charge in [-0.3, -0.25) is 0 Å². The Morgan fingerprint density at radius 1 is 1.38 bits per heavy atom. The maximum absolute atomic E-state index is 11.5. The van der Waals surface area contributed by atoms with Gasteiger partial charge in [0.1, 0.15) is 12.2 Å². The molecule has 0 aliphatic carbocycles. The summed E-state index contributed by atoms with van der Waals surface area (Å²) in [5.41, 5.74) is 6.44. The number of ether oxygens (including phenoxy) is 1. The number of esters is 1. The summed E-state index contributed by atoms with van der Waals surface area (Å²) in [6.45, 7) is 0.199. The van der Waals surface area contributed by atoms with Crippen LogP contribution in [0, 0.1) is 0 Å². The van der Waals surface area contributed by atoms with Crippen LogP contribution in [0.3, 0.4) is 0 Å². The Morgan fingerprint density at radius 2 is 2.12 bits per heavy atom. The third-order valence-electron chi connectivity index (χ3n) is 2.03. The molecular formula is C11H10N2O3. The molecule has 5 nitrogen and oxygen atoms in total. The Hall–Kier alpha value is -2.30. The Balaban J connectivity index is 1.97. The Labute approximate surface area is 91.8 Å². The fourth-order valence-electron chi connectivity index (χ4n) is 1.20. The molecule has 1 aromatic heterocycles. The van der Waals surface area contributed by atoms with Crippen LogP contribution in [0.25, 0.3) is 0 Å². The zero-order valence-corrected chi connectivity index (χ0v) is 8.42. The zero-order chi connectivity index (χ0) is 11.4. The molecule has 1 heterocycles. The van der Waals surface area contributed by atoms with Crippen molar-refractivity contribution < 1.29 is 14.1 Å². The fourth-order valence-corrected chi connectivity index (χ4v) is 1.20. The SMILES string of the molecule is Nc1oncc1C(=O)OCc1ccccc1. The van der Waals surface area contributed by atoms with Crippen LogP contribution in [0.1, 0.15) is 15.9 Å². The molecule has 82 valence electrons. The van der Waals surface area contributed by atoms with Gasteiger partial charge in [0.2, 0.25) is 5.88 Å². The number of hydrogen-bond acceptors (Lipinski definition) is 5. The monoisotopic (exact) mass is 218 g/mol. The molecule has 1 aromatic carbocycles. The molecule has 0 aliphatic rings. The van der Waals surface area contributed by atoms with Crippen molar-refractivity contribution in [2.24, 2.45) is 0 Å². The number of anilines is 1. The van der Waals surface area contributed by atoms with Gasteiger partial charge in [-0.05, 0) is 5.56 Å². The minimum atomic E-state index is -0.539. The van der Waals surface area contributed by atoms with Crippen LogP contribution >= 0.6 is 0 Å². The van der Waals surface area contributed by atoms with E-state index in [1.807, 2.05) is 30.3 Å². The first-order chi connectivity index (χ1) is 7.77. The number of nitrogens with two attached hydrogens (primary N) is 1. The summed E-state index contributed by atoms with van der Waals surface area (Å²) in [5, 5.41) is 3.40. The predicted octanol–water partition coefficient (Wildman–Crippen LogP) is 1.61. The van der Waals surface area contributed by atoms with Gasteiger partial charge in [0.15, 0.2) is 0 Å². The van der Waals surface area contributed by atoms with Crippen molar-refractivity contribution >= 4 is 11.9 Å². The lowest BCUT2D eigenvalue weighted by Crippen LogP contribution is -2.06. The fraction of sp³-hybridized carbons (Fsp3) is 0.0909. The molecule has 2 rings (SSSR count). The van der Waals surface area contributed by atoms with Crippen LogP contribution in [0.5, 0.6) is 0 Å². The number of hydrogen-bond donors (Lipinski definition) is 1. The van der Waals surface area contributed by atoms with Crippen molar-refractivity contribution in [2.75, 3.05) is 5.73 Å².